The normalized spacial score (nSPS) is 21.5. The van der Waals surface area contributed by atoms with E-state index in [0.717, 1.165) is 53.1 Å². The fourth-order valence-corrected chi connectivity index (χ4v) is 5.73. The SMILES string of the molecule is C=C(C)N=C(/C=C\C)CN(C(=O)C1C(c2ccc(C(F)(F)F)cc2)[C@H]1C)c1ccc2c(c1)C(N)CCC2.C=C/C=C(/S)C=C. The van der Waals surface area contributed by atoms with Gasteiger partial charge in [-0.3, -0.25) is 9.79 Å². The number of hydrogen-bond acceptors (Lipinski definition) is 4. The predicted molar refractivity (Wildman–Crippen MR) is 180 cm³/mol. The summed E-state index contributed by atoms with van der Waals surface area (Å²) in [5.74, 6) is -0.533. The first-order valence-electron chi connectivity index (χ1n) is 14.7. The Kier molecular flexibility index (Phi) is 12.2. The molecule has 4 atom stereocenters. The van der Waals surface area contributed by atoms with Gasteiger partial charge >= 0.3 is 6.18 Å². The monoisotopic (exact) mass is 621 g/mol. The summed E-state index contributed by atoms with van der Waals surface area (Å²) in [7, 11) is 0. The topological polar surface area (TPSA) is 58.7 Å². The van der Waals surface area contributed by atoms with E-state index in [4.69, 9.17) is 5.73 Å². The van der Waals surface area contributed by atoms with Gasteiger partial charge < -0.3 is 10.6 Å². The molecule has 0 heterocycles. The van der Waals surface area contributed by atoms with Crippen molar-refractivity contribution in [3.8, 4) is 0 Å². The van der Waals surface area contributed by atoms with Gasteiger partial charge in [-0.2, -0.15) is 13.2 Å². The number of carbonyl (C=O) groups excluding carboxylic acids is 1. The molecule has 0 radical (unpaired) electrons. The molecule has 2 N–H and O–H groups in total. The highest BCUT2D eigenvalue weighted by Crippen LogP contribution is 2.55. The van der Waals surface area contributed by atoms with Crippen LogP contribution in [-0.2, 0) is 17.4 Å². The molecule has 2 aliphatic carbocycles. The molecule has 44 heavy (non-hydrogen) atoms. The molecule has 2 aromatic carbocycles. The van der Waals surface area contributed by atoms with E-state index in [2.05, 4.69) is 43.4 Å². The molecule has 3 unspecified atom stereocenters. The highest BCUT2D eigenvalue weighted by molar-refractivity contribution is 7.84. The van der Waals surface area contributed by atoms with Gasteiger partial charge in [0.05, 0.1) is 17.8 Å². The van der Waals surface area contributed by atoms with Gasteiger partial charge in [-0.15, -0.1) is 12.6 Å². The minimum atomic E-state index is -4.39. The molecule has 234 valence electrons. The van der Waals surface area contributed by atoms with Crippen LogP contribution in [-0.4, -0.2) is 18.2 Å². The standard InChI is InChI=1S/C30H34F3N3O.C6H8S/c1-5-7-23(35-18(2)3)17-36(24-15-12-20-8-6-9-26(34)25(20)16-24)29(37)28-19(4)27(28)21-10-13-22(14-11-21)30(31,32)33;1-3-5-6(7)4-2/h5,7,10-16,19,26-28H,2,6,8-9,17,34H2,1,3-4H3;3-5,7H,1-2H2/b7-5-,35-23?;6-5+/t19-,26?,27?,28?;/m1./s1. The maximum atomic E-state index is 14.0. The van der Waals surface area contributed by atoms with Gasteiger partial charge in [-0.25, -0.2) is 0 Å². The van der Waals surface area contributed by atoms with Crippen molar-refractivity contribution in [3.05, 3.63) is 125 Å². The zero-order chi connectivity index (χ0) is 32.6. The van der Waals surface area contributed by atoms with Crippen molar-refractivity contribution in [2.24, 2.45) is 22.6 Å². The second-order valence-corrected chi connectivity index (χ2v) is 11.7. The van der Waals surface area contributed by atoms with E-state index in [1.807, 2.05) is 38.1 Å². The molecule has 4 rings (SSSR count). The molecule has 0 aliphatic heterocycles. The van der Waals surface area contributed by atoms with Crippen molar-refractivity contribution in [1.29, 1.82) is 0 Å². The first kappa shape index (κ1) is 34.9. The smallest absolute Gasteiger partial charge is 0.324 e. The second-order valence-electron chi connectivity index (χ2n) is 11.2. The van der Waals surface area contributed by atoms with E-state index in [9.17, 15) is 18.0 Å². The Bertz CT molecular complexity index is 1460. The largest absolute Gasteiger partial charge is 0.416 e. The van der Waals surface area contributed by atoms with Crippen LogP contribution in [0.2, 0.25) is 0 Å². The van der Waals surface area contributed by atoms with Crippen molar-refractivity contribution in [2.75, 3.05) is 11.4 Å². The number of anilines is 1. The number of thiol groups is 1. The molecule has 1 saturated carbocycles. The lowest BCUT2D eigenvalue weighted by molar-refractivity contribution is -0.137. The summed E-state index contributed by atoms with van der Waals surface area (Å²) in [6, 6.07) is 11.1. The number of benzene rings is 2. The molecule has 2 aliphatic rings. The second kappa shape index (κ2) is 15.4. The van der Waals surface area contributed by atoms with Crippen molar-refractivity contribution >= 4 is 29.9 Å². The Hall–Kier alpha value is -3.62. The fourth-order valence-electron chi connectivity index (χ4n) is 5.63. The van der Waals surface area contributed by atoms with Crippen LogP contribution in [0.15, 0.2) is 108 Å². The maximum Gasteiger partial charge on any atom is 0.416 e. The van der Waals surface area contributed by atoms with E-state index in [-0.39, 0.29) is 36.2 Å². The zero-order valence-corrected chi connectivity index (χ0v) is 26.5. The van der Waals surface area contributed by atoms with Crippen LogP contribution in [0.3, 0.4) is 0 Å². The third-order valence-electron chi connectivity index (χ3n) is 7.87. The summed E-state index contributed by atoms with van der Waals surface area (Å²) in [6.45, 7) is 16.8. The Balaban J connectivity index is 0.000000676. The van der Waals surface area contributed by atoms with Gasteiger partial charge in [-0.1, -0.05) is 63.1 Å². The highest BCUT2D eigenvalue weighted by atomic mass is 32.1. The lowest BCUT2D eigenvalue weighted by Crippen LogP contribution is -2.37. The van der Waals surface area contributed by atoms with Crippen LogP contribution in [0.5, 0.6) is 0 Å². The molecule has 1 fully saturated rings. The van der Waals surface area contributed by atoms with Crippen molar-refractivity contribution in [2.45, 2.75) is 58.2 Å². The van der Waals surface area contributed by atoms with E-state index in [1.165, 1.54) is 17.7 Å². The molecule has 0 spiro atoms. The Morgan fingerprint density at radius 1 is 1.18 bits per heavy atom. The van der Waals surface area contributed by atoms with E-state index >= 15 is 0 Å². The number of carbonyl (C=O) groups is 1. The first-order chi connectivity index (χ1) is 20.8. The Labute approximate surface area is 265 Å². The quantitative estimate of drug-likeness (QED) is 0.167. The van der Waals surface area contributed by atoms with Crippen molar-refractivity contribution in [1.82, 2.24) is 0 Å². The van der Waals surface area contributed by atoms with Crippen LogP contribution >= 0.6 is 12.6 Å². The summed E-state index contributed by atoms with van der Waals surface area (Å²) in [4.78, 5) is 21.1. The number of nitrogens with zero attached hydrogens (tertiary/aromatic N) is 2. The first-order valence-corrected chi connectivity index (χ1v) is 15.1. The zero-order valence-electron chi connectivity index (χ0n) is 25.6. The number of hydrogen-bond donors (Lipinski definition) is 2. The van der Waals surface area contributed by atoms with Gasteiger partial charge in [-0.05, 0) is 98.1 Å². The van der Waals surface area contributed by atoms with Crippen LogP contribution in [0, 0.1) is 11.8 Å². The van der Waals surface area contributed by atoms with E-state index in [1.54, 1.807) is 30.1 Å². The number of halogens is 3. The lowest BCUT2D eigenvalue weighted by atomic mass is 9.87. The molecule has 8 heteroatoms. The summed E-state index contributed by atoms with van der Waals surface area (Å²) in [5.41, 5.74) is 10.8. The number of aryl methyl sites for hydroxylation is 1. The van der Waals surface area contributed by atoms with Gasteiger partial charge in [0.15, 0.2) is 0 Å². The molecule has 0 saturated heterocycles. The van der Waals surface area contributed by atoms with Gasteiger partial charge in [0.1, 0.15) is 0 Å². The van der Waals surface area contributed by atoms with Crippen LogP contribution in [0.25, 0.3) is 0 Å². The van der Waals surface area contributed by atoms with Crippen LogP contribution < -0.4 is 10.6 Å². The minimum absolute atomic E-state index is 0.00914. The van der Waals surface area contributed by atoms with Gasteiger partial charge in [0.2, 0.25) is 5.91 Å². The van der Waals surface area contributed by atoms with Crippen LogP contribution in [0.1, 0.15) is 67.8 Å². The van der Waals surface area contributed by atoms with Gasteiger partial charge in [0, 0.05) is 28.2 Å². The number of amides is 1. The highest BCUT2D eigenvalue weighted by Gasteiger charge is 2.54. The number of alkyl halides is 3. The summed E-state index contributed by atoms with van der Waals surface area (Å²) in [6.07, 6.45) is 7.36. The molecule has 0 bridgehead atoms. The maximum absolute atomic E-state index is 14.0. The third-order valence-corrected chi connectivity index (χ3v) is 8.20. The van der Waals surface area contributed by atoms with E-state index in [0.29, 0.717) is 11.4 Å². The molecule has 4 nitrogen and oxygen atoms in total. The van der Waals surface area contributed by atoms with E-state index < -0.39 is 11.7 Å². The average molecular weight is 622 g/mol. The van der Waals surface area contributed by atoms with Crippen molar-refractivity contribution in [3.63, 3.8) is 0 Å². The predicted octanol–water partition coefficient (Wildman–Crippen LogP) is 9.15. The molecule has 2 aromatic rings. The lowest BCUT2D eigenvalue weighted by Gasteiger charge is -2.28. The number of nitrogens with two attached hydrogens (primary N) is 1. The Morgan fingerprint density at radius 3 is 2.41 bits per heavy atom. The summed E-state index contributed by atoms with van der Waals surface area (Å²) in [5, 5.41) is 0. The minimum Gasteiger partial charge on any atom is -0.324 e. The third kappa shape index (κ3) is 8.96. The number of rotatable bonds is 9. The Morgan fingerprint density at radius 2 is 1.86 bits per heavy atom. The summed E-state index contributed by atoms with van der Waals surface area (Å²) < 4.78 is 39.1. The van der Waals surface area contributed by atoms with Crippen molar-refractivity contribution < 1.29 is 18.0 Å². The number of aliphatic imine (C=N–C) groups is 1. The fraction of sp³-hybridized carbons (Fsp3) is 0.333. The van der Waals surface area contributed by atoms with Gasteiger partial charge in [0.25, 0.3) is 0 Å². The molecular formula is C36H42F3N3OS. The molecule has 1 amide bonds. The average Bonchev–Trinajstić information content (AvgIpc) is 3.66. The molecular weight excluding hydrogens is 579 g/mol. The number of allylic oxidation sites excluding steroid dienone is 5. The molecule has 0 aromatic heterocycles. The number of fused-ring (bicyclic) bond motifs is 1. The van der Waals surface area contributed by atoms with Crippen LogP contribution in [0.4, 0.5) is 18.9 Å². The summed E-state index contributed by atoms with van der Waals surface area (Å²) >= 11 is 3.98.